The number of hydrogen-bond donors (Lipinski definition) is 1. The van der Waals surface area contributed by atoms with Crippen LogP contribution in [0.15, 0.2) is 131 Å². The molecule has 0 amide bonds. The third-order valence-electron chi connectivity index (χ3n) is 9.92. The highest BCUT2D eigenvalue weighted by Gasteiger charge is 2.50. The molecule has 4 aromatic carbocycles. The van der Waals surface area contributed by atoms with Crippen LogP contribution in [0.3, 0.4) is 0 Å². The fourth-order valence-corrected chi connectivity index (χ4v) is 8.49. The van der Waals surface area contributed by atoms with Crippen molar-refractivity contribution < 1.29 is 32.9 Å². The summed E-state index contributed by atoms with van der Waals surface area (Å²) in [5, 5.41) is 11.2. The molecule has 0 saturated carbocycles. The number of aromatic nitrogens is 2. The number of ether oxygens (including phenoxy) is 4. The average molecular weight is 799 g/mol. The zero-order chi connectivity index (χ0) is 40.4. The lowest BCUT2D eigenvalue weighted by Crippen LogP contribution is -2.42. The smallest absolute Gasteiger partial charge is 0.330 e. The van der Waals surface area contributed by atoms with E-state index < -0.39 is 54.8 Å². The van der Waals surface area contributed by atoms with E-state index in [4.69, 9.17) is 28.0 Å². The Balaban J connectivity index is 1.38. The zero-order valence-electron chi connectivity index (χ0n) is 32.3. The maximum Gasteiger partial charge on any atom is 0.330 e. The summed E-state index contributed by atoms with van der Waals surface area (Å²) in [6.07, 6.45) is -1.63. The van der Waals surface area contributed by atoms with Gasteiger partial charge < -0.3 is 28.0 Å². The quantitative estimate of drug-likeness (QED) is 0.0416. The second-order valence-electron chi connectivity index (χ2n) is 13.2. The lowest BCUT2D eigenvalue weighted by molar-refractivity contribution is -0.384. The first-order chi connectivity index (χ1) is 27.7. The van der Waals surface area contributed by atoms with Crippen LogP contribution in [0.25, 0.3) is 0 Å². The van der Waals surface area contributed by atoms with Gasteiger partial charge in [0.1, 0.15) is 29.7 Å². The van der Waals surface area contributed by atoms with Gasteiger partial charge in [-0.1, -0.05) is 98.8 Å². The van der Waals surface area contributed by atoms with Crippen molar-refractivity contribution in [3.8, 4) is 5.75 Å². The van der Waals surface area contributed by atoms with E-state index in [0.717, 1.165) is 22.3 Å². The molecule has 5 aromatic rings. The minimum atomic E-state index is -1.73. The van der Waals surface area contributed by atoms with Crippen molar-refractivity contribution in [3.63, 3.8) is 0 Å². The number of methoxy groups -OCH3 is 2. The van der Waals surface area contributed by atoms with Crippen LogP contribution in [0.4, 0.5) is 5.69 Å². The van der Waals surface area contributed by atoms with Crippen molar-refractivity contribution >= 4 is 14.2 Å². The molecule has 0 bridgehead atoms. The second-order valence-corrected chi connectivity index (χ2v) is 14.7. The molecular formula is C42H47N4O10P. The van der Waals surface area contributed by atoms with Crippen LogP contribution < -0.4 is 16.0 Å². The van der Waals surface area contributed by atoms with E-state index in [1.54, 1.807) is 19.2 Å². The molecule has 1 unspecified atom stereocenters. The van der Waals surface area contributed by atoms with Gasteiger partial charge in [0.15, 0.2) is 6.23 Å². The van der Waals surface area contributed by atoms with E-state index in [0.29, 0.717) is 25.3 Å². The Morgan fingerprint density at radius 3 is 2.00 bits per heavy atom. The summed E-state index contributed by atoms with van der Waals surface area (Å²) in [5.74, 6) is 0.692. The van der Waals surface area contributed by atoms with Crippen molar-refractivity contribution in [2.75, 3.05) is 40.5 Å². The van der Waals surface area contributed by atoms with Gasteiger partial charge in [-0.2, -0.15) is 0 Å². The maximum absolute atomic E-state index is 13.2. The van der Waals surface area contributed by atoms with Crippen LogP contribution in [-0.2, 0) is 35.3 Å². The van der Waals surface area contributed by atoms with Crippen molar-refractivity contribution in [1.82, 2.24) is 14.2 Å². The first kappa shape index (κ1) is 41.6. The Labute approximate surface area is 332 Å². The van der Waals surface area contributed by atoms with Gasteiger partial charge in [-0.05, 0) is 40.8 Å². The van der Waals surface area contributed by atoms with Gasteiger partial charge in [-0.15, -0.1) is 0 Å². The number of nitro benzene ring substituents is 1. The molecule has 0 spiro atoms. The van der Waals surface area contributed by atoms with Gasteiger partial charge >= 0.3 is 5.69 Å². The van der Waals surface area contributed by atoms with Gasteiger partial charge in [-0.3, -0.25) is 24.5 Å². The summed E-state index contributed by atoms with van der Waals surface area (Å²) in [6, 6.07) is 35.1. The highest BCUT2D eigenvalue weighted by atomic mass is 31.2. The molecule has 5 atom stereocenters. The van der Waals surface area contributed by atoms with Crippen molar-refractivity contribution in [3.05, 3.63) is 175 Å². The molecular weight excluding hydrogens is 751 g/mol. The van der Waals surface area contributed by atoms with E-state index >= 15 is 0 Å². The van der Waals surface area contributed by atoms with Crippen LogP contribution in [0.2, 0.25) is 0 Å². The molecule has 1 aliphatic rings. The Morgan fingerprint density at radius 2 is 1.46 bits per heavy atom. The van der Waals surface area contributed by atoms with Crippen LogP contribution in [0, 0.1) is 10.1 Å². The van der Waals surface area contributed by atoms with Crippen molar-refractivity contribution in [1.29, 1.82) is 0 Å². The first-order valence-electron chi connectivity index (χ1n) is 18.7. The summed E-state index contributed by atoms with van der Waals surface area (Å²) >= 11 is 0. The predicted molar refractivity (Wildman–Crippen MR) is 215 cm³/mol. The molecule has 15 heteroatoms. The molecule has 14 nitrogen and oxygen atoms in total. The number of rotatable bonds is 19. The summed E-state index contributed by atoms with van der Waals surface area (Å²) in [7, 11) is 1.40. The molecule has 300 valence electrons. The Bertz CT molecular complexity index is 2110. The van der Waals surface area contributed by atoms with Crippen LogP contribution >= 0.6 is 8.53 Å². The van der Waals surface area contributed by atoms with Crippen LogP contribution in [0.5, 0.6) is 5.75 Å². The van der Waals surface area contributed by atoms with Crippen LogP contribution in [0.1, 0.15) is 42.3 Å². The van der Waals surface area contributed by atoms with Crippen LogP contribution in [-0.4, -0.2) is 78.0 Å². The minimum absolute atomic E-state index is 0.0141. The maximum atomic E-state index is 13.2. The molecule has 1 aromatic heterocycles. The van der Waals surface area contributed by atoms with E-state index in [-0.39, 0.29) is 18.9 Å². The second kappa shape index (κ2) is 19.4. The third-order valence-corrected chi connectivity index (χ3v) is 11.8. The molecule has 57 heavy (non-hydrogen) atoms. The fourth-order valence-electron chi connectivity index (χ4n) is 6.96. The molecule has 1 fully saturated rings. The summed E-state index contributed by atoms with van der Waals surface area (Å²) in [4.78, 5) is 38.4. The van der Waals surface area contributed by atoms with Gasteiger partial charge in [0.25, 0.3) is 19.8 Å². The number of hydrogen-bond acceptors (Lipinski definition) is 11. The highest BCUT2D eigenvalue weighted by Crippen LogP contribution is 2.49. The van der Waals surface area contributed by atoms with Crippen molar-refractivity contribution in [2.45, 2.75) is 50.4 Å². The average Bonchev–Trinajstić information content (AvgIpc) is 3.58. The number of non-ortho nitro benzene ring substituents is 1. The number of benzene rings is 4. The Kier molecular flexibility index (Phi) is 14.2. The van der Waals surface area contributed by atoms with E-state index in [2.05, 4.69) is 9.65 Å². The number of nitro groups is 1. The lowest BCUT2D eigenvalue weighted by atomic mass is 9.80. The molecule has 2 heterocycles. The van der Waals surface area contributed by atoms with Gasteiger partial charge in [0, 0.05) is 44.6 Å². The number of aromatic amines is 1. The molecule has 0 radical (unpaired) electrons. The van der Waals surface area contributed by atoms with Crippen molar-refractivity contribution in [2.24, 2.45) is 0 Å². The Hall–Kier alpha value is -5.05. The fraction of sp³-hybridized carbons (Fsp3) is 0.333. The molecule has 0 aliphatic carbocycles. The minimum Gasteiger partial charge on any atom is -0.497 e. The van der Waals surface area contributed by atoms with Gasteiger partial charge in [0.05, 0.1) is 25.2 Å². The zero-order valence-corrected chi connectivity index (χ0v) is 33.2. The molecule has 6 rings (SSSR count). The Morgan fingerprint density at radius 1 is 0.842 bits per heavy atom. The summed E-state index contributed by atoms with van der Waals surface area (Å²) in [5.41, 5.74) is 1.12. The first-order valence-corrected chi connectivity index (χ1v) is 19.8. The van der Waals surface area contributed by atoms with Gasteiger partial charge in [0.2, 0.25) is 0 Å². The standard InChI is InChI=1S/C42H47N4O10P/c1-5-44(6-2)57(54-28-26-30-17-21-34(22-18-30)46(49)50)56-38-36(55-40(39(38)52-4)45-27-25-37(47)43-41(45)48)29-53-42(31-13-9-7-10-14-31,32-15-11-8-12-16-32)33-19-23-35(51-3)24-20-33/h7-25,27,36,38-40H,5-6,26,28-29H2,1-4H3,(H,43,47,48)/t36-,38-,39-,40-,57?/m1/s1. The topological polar surface area (TPSA) is 157 Å². The normalized spacial score (nSPS) is 18.8. The summed E-state index contributed by atoms with van der Waals surface area (Å²) in [6.45, 7) is 5.46. The lowest BCUT2D eigenvalue weighted by Gasteiger charge is -2.38. The third kappa shape index (κ3) is 9.40. The number of H-pyrrole nitrogens is 1. The number of nitrogens with zero attached hydrogens (tertiary/aromatic N) is 3. The SMILES string of the molecule is CCN(CC)P(OCCc1ccc([N+](=O)[O-])cc1)O[C@H]1[C@@H](OC)[C@H](n2ccc(=O)[nH]c2=O)O[C@@H]1COC(c1ccccc1)(c1ccccc1)c1ccc(OC)cc1. The number of nitrogens with one attached hydrogen (secondary N) is 1. The molecule has 1 aliphatic heterocycles. The van der Waals surface area contributed by atoms with E-state index in [1.165, 1.54) is 36.1 Å². The van der Waals surface area contributed by atoms with E-state index in [1.807, 2.05) is 98.8 Å². The van der Waals surface area contributed by atoms with E-state index in [9.17, 15) is 19.7 Å². The van der Waals surface area contributed by atoms with Gasteiger partial charge in [-0.25, -0.2) is 9.46 Å². The largest absolute Gasteiger partial charge is 0.497 e. The summed E-state index contributed by atoms with van der Waals surface area (Å²) < 4.78 is 42.3. The molecule has 1 N–H and O–H groups in total. The highest BCUT2D eigenvalue weighted by molar-refractivity contribution is 7.44. The predicted octanol–water partition coefficient (Wildman–Crippen LogP) is 6.59. The monoisotopic (exact) mass is 798 g/mol. The molecule has 1 saturated heterocycles.